The van der Waals surface area contributed by atoms with Crippen LogP contribution in [0.5, 0.6) is 5.75 Å². The number of para-hydroxylation sites is 1. The molecule has 0 heterocycles. The summed E-state index contributed by atoms with van der Waals surface area (Å²) in [5.74, 6) is -0.714. The van der Waals surface area contributed by atoms with Gasteiger partial charge in [0.2, 0.25) is 5.91 Å². The second-order valence-corrected chi connectivity index (χ2v) is 5.74. The molecule has 0 bridgehead atoms. The van der Waals surface area contributed by atoms with Crippen LogP contribution in [0.2, 0.25) is 0 Å². The van der Waals surface area contributed by atoms with Crippen LogP contribution in [0, 0.1) is 0 Å². The minimum atomic E-state index is -4.70. The number of rotatable bonds is 6. The first-order valence-corrected chi connectivity index (χ1v) is 8.20. The molecule has 5 nitrogen and oxygen atoms in total. The molecule has 0 fully saturated rings. The normalized spacial score (nSPS) is 11.0. The minimum Gasteiger partial charge on any atom is -0.483 e. The average Bonchev–Trinajstić information content (AvgIpc) is 2.60. The van der Waals surface area contributed by atoms with Gasteiger partial charge in [0.15, 0.2) is 6.61 Å². The van der Waals surface area contributed by atoms with Gasteiger partial charge in [-0.1, -0.05) is 25.1 Å². The predicted octanol–water partition coefficient (Wildman–Crippen LogP) is 4.24. The smallest absolute Gasteiger partial charge is 0.418 e. The maximum Gasteiger partial charge on any atom is 0.418 e. The Morgan fingerprint density at radius 1 is 1.07 bits per heavy atom. The standard InChI is InChI=1S/C19H19F3N2O3/c1-3-13-6-4-5-7-17(13)27-11-18(26)24-16-9-8-14(23-12(2)25)10-15(16)19(20,21)22/h4-10H,3,11H2,1-2H3,(H,23,25)(H,24,26). The maximum atomic E-state index is 13.3. The highest BCUT2D eigenvalue weighted by molar-refractivity contribution is 5.94. The first kappa shape index (κ1) is 20.3. The van der Waals surface area contributed by atoms with Crippen LogP contribution in [-0.4, -0.2) is 18.4 Å². The van der Waals surface area contributed by atoms with Crippen LogP contribution in [0.3, 0.4) is 0 Å². The molecule has 0 aliphatic carbocycles. The van der Waals surface area contributed by atoms with Gasteiger partial charge in [-0.2, -0.15) is 13.2 Å². The Hall–Kier alpha value is -3.03. The number of carbonyl (C=O) groups is 2. The first-order valence-electron chi connectivity index (χ1n) is 8.20. The largest absolute Gasteiger partial charge is 0.483 e. The number of nitrogens with one attached hydrogen (secondary N) is 2. The molecule has 2 aromatic carbocycles. The monoisotopic (exact) mass is 380 g/mol. The molecule has 0 saturated heterocycles. The van der Waals surface area contributed by atoms with E-state index in [4.69, 9.17) is 4.74 Å². The number of hydrogen-bond acceptors (Lipinski definition) is 3. The minimum absolute atomic E-state index is 0.0130. The number of alkyl halides is 3. The summed E-state index contributed by atoms with van der Waals surface area (Å²) in [4.78, 5) is 23.1. The van der Waals surface area contributed by atoms with Crippen molar-refractivity contribution in [3.05, 3.63) is 53.6 Å². The summed E-state index contributed by atoms with van der Waals surface area (Å²) in [6.07, 6.45) is -4.01. The summed E-state index contributed by atoms with van der Waals surface area (Å²) in [7, 11) is 0. The van der Waals surface area contributed by atoms with Gasteiger partial charge in [-0.15, -0.1) is 0 Å². The molecule has 0 atom stereocenters. The molecule has 27 heavy (non-hydrogen) atoms. The van der Waals surface area contributed by atoms with E-state index in [9.17, 15) is 22.8 Å². The lowest BCUT2D eigenvalue weighted by molar-refractivity contribution is -0.137. The maximum absolute atomic E-state index is 13.3. The molecule has 0 unspecified atom stereocenters. The van der Waals surface area contributed by atoms with E-state index in [0.29, 0.717) is 12.2 Å². The molecule has 2 amide bonds. The Morgan fingerprint density at radius 3 is 2.41 bits per heavy atom. The zero-order chi connectivity index (χ0) is 20.0. The molecule has 2 N–H and O–H groups in total. The molecule has 2 rings (SSSR count). The van der Waals surface area contributed by atoms with E-state index in [1.165, 1.54) is 13.0 Å². The Balaban J connectivity index is 2.13. The van der Waals surface area contributed by atoms with Crippen LogP contribution in [0.4, 0.5) is 24.5 Å². The van der Waals surface area contributed by atoms with Gasteiger partial charge >= 0.3 is 6.18 Å². The van der Waals surface area contributed by atoms with Crippen molar-refractivity contribution < 1.29 is 27.5 Å². The summed E-state index contributed by atoms with van der Waals surface area (Å²) in [6, 6.07) is 10.2. The summed E-state index contributed by atoms with van der Waals surface area (Å²) < 4.78 is 45.2. The number of amides is 2. The quantitative estimate of drug-likeness (QED) is 0.788. The zero-order valence-electron chi connectivity index (χ0n) is 14.8. The van der Waals surface area contributed by atoms with Gasteiger partial charge in [0.25, 0.3) is 5.91 Å². The molecule has 8 heteroatoms. The van der Waals surface area contributed by atoms with E-state index in [0.717, 1.165) is 17.7 Å². The number of carbonyl (C=O) groups excluding carboxylic acids is 2. The number of aryl methyl sites for hydroxylation is 1. The van der Waals surface area contributed by atoms with Gasteiger partial charge < -0.3 is 15.4 Å². The van der Waals surface area contributed by atoms with E-state index in [1.54, 1.807) is 12.1 Å². The van der Waals surface area contributed by atoms with Crippen LogP contribution in [0.1, 0.15) is 25.0 Å². The molecule has 0 spiro atoms. The van der Waals surface area contributed by atoms with Crippen LogP contribution in [0.15, 0.2) is 42.5 Å². The Morgan fingerprint density at radius 2 is 1.78 bits per heavy atom. The van der Waals surface area contributed by atoms with Crippen LogP contribution in [-0.2, 0) is 22.2 Å². The fourth-order valence-corrected chi connectivity index (χ4v) is 2.44. The number of halogens is 3. The van der Waals surface area contributed by atoms with Crippen LogP contribution in [0.25, 0.3) is 0 Å². The third-order valence-corrected chi connectivity index (χ3v) is 3.63. The third-order valence-electron chi connectivity index (χ3n) is 3.63. The van der Waals surface area contributed by atoms with Crippen LogP contribution < -0.4 is 15.4 Å². The van der Waals surface area contributed by atoms with Gasteiger partial charge in [-0.25, -0.2) is 0 Å². The molecule has 0 aliphatic heterocycles. The van der Waals surface area contributed by atoms with Crippen LogP contribution >= 0.6 is 0 Å². The Kier molecular flexibility index (Phi) is 6.44. The van der Waals surface area contributed by atoms with Crippen molar-refractivity contribution >= 4 is 23.2 Å². The third kappa shape index (κ3) is 5.73. The Labute approximate surface area is 154 Å². The van der Waals surface area contributed by atoms with Crippen molar-refractivity contribution in [3.8, 4) is 5.75 Å². The molecule has 0 saturated carbocycles. The van der Waals surface area contributed by atoms with E-state index in [1.807, 2.05) is 19.1 Å². The molecular weight excluding hydrogens is 361 g/mol. The number of hydrogen-bond donors (Lipinski definition) is 2. The zero-order valence-corrected chi connectivity index (χ0v) is 14.8. The summed E-state index contributed by atoms with van der Waals surface area (Å²) in [6.45, 7) is 2.69. The van der Waals surface area contributed by atoms with Crippen molar-refractivity contribution in [2.24, 2.45) is 0 Å². The number of ether oxygens (including phenoxy) is 1. The lowest BCUT2D eigenvalue weighted by Crippen LogP contribution is -2.23. The van der Waals surface area contributed by atoms with Crippen molar-refractivity contribution in [1.82, 2.24) is 0 Å². The average molecular weight is 380 g/mol. The van der Waals surface area contributed by atoms with Crippen molar-refractivity contribution in [2.45, 2.75) is 26.4 Å². The van der Waals surface area contributed by atoms with E-state index < -0.39 is 35.8 Å². The van der Waals surface area contributed by atoms with Gasteiger partial charge in [0.1, 0.15) is 5.75 Å². The second kappa shape index (κ2) is 8.57. The van der Waals surface area contributed by atoms with Crippen molar-refractivity contribution in [1.29, 1.82) is 0 Å². The van der Waals surface area contributed by atoms with E-state index in [-0.39, 0.29) is 5.69 Å². The molecule has 2 aromatic rings. The fraction of sp³-hybridized carbons (Fsp3) is 0.263. The summed E-state index contributed by atoms with van der Waals surface area (Å²) >= 11 is 0. The molecule has 144 valence electrons. The Bertz CT molecular complexity index is 835. The number of benzene rings is 2. The first-order chi connectivity index (χ1) is 12.7. The SMILES string of the molecule is CCc1ccccc1OCC(=O)Nc1ccc(NC(C)=O)cc1C(F)(F)F. The van der Waals surface area contributed by atoms with Gasteiger partial charge in [-0.05, 0) is 36.2 Å². The highest BCUT2D eigenvalue weighted by Gasteiger charge is 2.34. The lowest BCUT2D eigenvalue weighted by Gasteiger charge is -2.16. The fourth-order valence-electron chi connectivity index (χ4n) is 2.44. The summed E-state index contributed by atoms with van der Waals surface area (Å²) in [5.41, 5.74) is -0.591. The van der Waals surface area contributed by atoms with E-state index in [2.05, 4.69) is 10.6 Å². The molecule has 0 aromatic heterocycles. The number of anilines is 2. The molecular formula is C19H19F3N2O3. The van der Waals surface area contributed by atoms with Crippen molar-refractivity contribution in [3.63, 3.8) is 0 Å². The van der Waals surface area contributed by atoms with Crippen molar-refractivity contribution in [2.75, 3.05) is 17.2 Å². The highest BCUT2D eigenvalue weighted by atomic mass is 19.4. The topological polar surface area (TPSA) is 67.4 Å². The second-order valence-electron chi connectivity index (χ2n) is 5.74. The lowest BCUT2D eigenvalue weighted by atomic mass is 10.1. The van der Waals surface area contributed by atoms with Gasteiger partial charge in [0, 0.05) is 12.6 Å². The van der Waals surface area contributed by atoms with Gasteiger partial charge in [-0.3, -0.25) is 9.59 Å². The highest BCUT2D eigenvalue weighted by Crippen LogP contribution is 2.36. The summed E-state index contributed by atoms with van der Waals surface area (Å²) in [5, 5.41) is 4.49. The predicted molar refractivity (Wildman–Crippen MR) is 95.7 cm³/mol. The van der Waals surface area contributed by atoms with E-state index >= 15 is 0 Å². The molecule has 0 radical (unpaired) electrons. The van der Waals surface area contributed by atoms with Gasteiger partial charge in [0.05, 0.1) is 11.3 Å². The molecule has 0 aliphatic rings.